The number of halogens is 5. The number of carbonyl (C=O) groups excluding carboxylic acids is 2. The van der Waals surface area contributed by atoms with E-state index in [4.69, 9.17) is 23.2 Å². The lowest BCUT2D eigenvalue weighted by Gasteiger charge is -2.35. The molecule has 0 bridgehead atoms. The van der Waals surface area contributed by atoms with Gasteiger partial charge in [0, 0.05) is 12.6 Å². The first-order chi connectivity index (χ1) is 10.5. The maximum absolute atomic E-state index is 13.5. The smallest absolute Gasteiger partial charge is 0.441 e. The molecule has 10 heteroatoms. The van der Waals surface area contributed by atoms with E-state index in [9.17, 15) is 22.8 Å². The van der Waals surface area contributed by atoms with Crippen molar-refractivity contribution in [2.75, 3.05) is 11.9 Å². The largest absolute Gasteiger partial charge is 0.463 e. The number of rotatable bonds is 5. The van der Waals surface area contributed by atoms with Gasteiger partial charge in [0.05, 0.1) is 16.7 Å². The average molecular weight is 373 g/mol. The van der Waals surface area contributed by atoms with Crippen molar-refractivity contribution < 1.29 is 27.5 Å². The molecule has 0 heterocycles. The molecular formula is C13H13Cl2F3N2O3. The van der Waals surface area contributed by atoms with Crippen molar-refractivity contribution in [1.82, 2.24) is 5.32 Å². The number of hydrogen-bond acceptors (Lipinski definition) is 4. The van der Waals surface area contributed by atoms with Gasteiger partial charge in [-0.25, -0.2) is 4.79 Å². The molecule has 0 aromatic heterocycles. The maximum Gasteiger partial charge on any atom is 0.441 e. The second kappa shape index (κ2) is 7.27. The van der Waals surface area contributed by atoms with Crippen LogP contribution in [0.25, 0.3) is 0 Å². The van der Waals surface area contributed by atoms with Gasteiger partial charge in [-0.1, -0.05) is 23.2 Å². The molecule has 0 saturated carbocycles. The molecule has 1 atom stereocenters. The summed E-state index contributed by atoms with van der Waals surface area (Å²) in [6, 6.07) is 3.51. The lowest BCUT2D eigenvalue weighted by atomic mass is 10.1. The van der Waals surface area contributed by atoms with Gasteiger partial charge in [-0.15, -0.1) is 0 Å². The summed E-state index contributed by atoms with van der Waals surface area (Å²) in [4.78, 5) is 23.1. The fraction of sp³-hybridized carbons (Fsp3) is 0.385. The molecule has 23 heavy (non-hydrogen) atoms. The van der Waals surface area contributed by atoms with Crippen molar-refractivity contribution in [3.05, 3.63) is 28.2 Å². The van der Waals surface area contributed by atoms with Crippen molar-refractivity contribution in [3.8, 4) is 0 Å². The molecule has 128 valence electrons. The van der Waals surface area contributed by atoms with E-state index in [1.54, 1.807) is 5.32 Å². The van der Waals surface area contributed by atoms with Gasteiger partial charge >= 0.3 is 17.8 Å². The fourth-order valence-electron chi connectivity index (χ4n) is 1.68. The summed E-state index contributed by atoms with van der Waals surface area (Å²) in [7, 11) is 0. The lowest BCUT2D eigenvalue weighted by Crippen LogP contribution is -2.69. The molecule has 0 fully saturated rings. The molecule has 2 N–H and O–H groups in total. The van der Waals surface area contributed by atoms with Crippen molar-refractivity contribution >= 4 is 40.8 Å². The number of amides is 1. The number of ether oxygens (including phenoxy) is 1. The van der Waals surface area contributed by atoms with E-state index in [1.807, 2.05) is 5.32 Å². The highest BCUT2D eigenvalue weighted by atomic mass is 35.5. The normalized spacial score (nSPS) is 13.9. The highest BCUT2D eigenvalue weighted by molar-refractivity contribution is 6.42. The van der Waals surface area contributed by atoms with Crippen LogP contribution in [-0.2, 0) is 14.3 Å². The van der Waals surface area contributed by atoms with Crippen LogP contribution >= 0.6 is 23.2 Å². The molecule has 0 unspecified atom stereocenters. The Labute approximate surface area is 140 Å². The summed E-state index contributed by atoms with van der Waals surface area (Å²) in [5.41, 5.74) is -3.63. The number of carbonyl (C=O) groups is 2. The van der Waals surface area contributed by atoms with Gasteiger partial charge in [0.25, 0.3) is 0 Å². The van der Waals surface area contributed by atoms with E-state index in [0.717, 1.165) is 13.0 Å². The van der Waals surface area contributed by atoms with E-state index in [0.29, 0.717) is 0 Å². The summed E-state index contributed by atoms with van der Waals surface area (Å²) >= 11 is 11.4. The van der Waals surface area contributed by atoms with Crippen LogP contribution in [0.3, 0.4) is 0 Å². The standard InChI is InChI=1S/C13H13Cl2F3N2O3/c1-3-23-11(22)12(13(16,17)18,19-7(2)21)20-8-4-5-9(14)10(15)6-8/h4-6,20H,3H2,1-2H3,(H,19,21)/t12-/m0/s1. The third kappa shape index (κ3) is 4.42. The Bertz CT molecular complexity index is 611. The maximum atomic E-state index is 13.5. The number of esters is 1. The second-order valence-corrected chi connectivity index (χ2v) is 5.22. The molecule has 0 aliphatic carbocycles. The van der Waals surface area contributed by atoms with Crippen molar-refractivity contribution in [2.45, 2.75) is 25.7 Å². The molecule has 0 radical (unpaired) electrons. The van der Waals surface area contributed by atoms with Crippen LogP contribution in [0.2, 0.25) is 10.0 Å². The molecule has 1 rings (SSSR count). The Morgan fingerprint density at radius 2 is 1.83 bits per heavy atom. The first-order valence-electron chi connectivity index (χ1n) is 6.29. The average Bonchev–Trinajstić information content (AvgIpc) is 2.40. The molecule has 0 saturated heterocycles. The van der Waals surface area contributed by atoms with Gasteiger partial charge in [0.2, 0.25) is 5.91 Å². The van der Waals surface area contributed by atoms with Gasteiger partial charge in [0.1, 0.15) is 0 Å². The number of benzene rings is 1. The number of alkyl halides is 3. The van der Waals surface area contributed by atoms with Crippen LogP contribution < -0.4 is 10.6 Å². The highest BCUT2D eigenvalue weighted by Gasteiger charge is 2.63. The first kappa shape index (κ1) is 19.4. The van der Waals surface area contributed by atoms with Crippen LogP contribution in [-0.4, -0.2) is 30.3 Å². The van der Waals surface area contributed by atoms with Crippen LogP contribution in [0.1, 0.15) is 13.8 Å². The molecular weight excluding hydrogens is 360 g/mol. The topological polar surface area (TPSA) is 67.4 Å². The van der Waals surface area contributed by atoms with Gasteiger partial charge < -0.3 is 15.4 Å². The molecule has 1 aromatic carbocycles. The number of anilines is 1. The van der Waals surface area contributed by atoms with E-state index >= 15 is 0 Å². The summed E-state index contributed by atoms with van der Waals surface area (Å²) in [5, 5.41) is 3.60. The predicted molar refractivity (Wildman–Crippen MR) is 79.3 cm³/mol. The third-order valence-corrected chi connectivity index (χ3v) is 3.36. The van der Waals surface area contributed by atoms with E-state index < -0.39 is 23.7 Å². The SMILES string of the molecule is CCOC(=O)[C@](NC(C)=O)(Nc1ccc(Cl)c(Cl)c1)C(F)(F)F. The Kier molecular flexibility index (Phi) is 6.12. The minimum atomic E-state index is -5.18. The molecule has 5 nitrogen and oxygen atoms in total. The Balaban J connectivity index is 3.38. The summed E-state index contributed by atoms with van der Waals surface area (Å²) in [6.07, 6.45) is -5.18. The zero-order valence-electron chi connectivity index (χ0n) is 12.1. The zero-order valence-corrected chi connectivity index (χ0v) is 13.6. The van der Waals surface area contributed by atoms with E-state index in [1.165, 1.54) is 19.1 Å². The van der Waals surface area contributed by atoms with Crippen LogP contribution in [0.15, 0.2) is 18.2 Å². The monoisotopic (exact) mass is 372 g/mol. The molecule has 1 aromatic rings. The van der Waals surface area contributed by atoms with Gasteiger partial charge in [-0.2, -0.15) is 13.2 Å². The van der Waals surface area contributed by atoms with Crippen LogP contribution in [0, 0.1) is 0 Å². The van der Waals surface area contributed by atoms with Crippen molar-refractivity contribution in [1.29, 1.82) is 0 Å². The minimum Gasteiger partial charge on any atom is -0.463 e. The van der Waals surface area contributed by atoms with Crippen LogP contribution in [0.4, 0.5) is 18.9 Å². The number of hydrogen-bond donors (Lipinski definition) is 2. The summed E-state index contributed by atoms with van der Waals surface area (Å²) < 4.78 is 45.1. The molecule has 0 aliphatic rings. The zero-order chi connectivity index (χ0) is 17.8. The Morgan fingerprint density at radius 1 is 1.22 bits per heavy atom. The minimum absolute atomic E-state index is 0.0283. The van der Waals surface area contributed by atoms with Crippen molar-refractivity contribution in [2.24, 2.45) is 0 Å². The molecule has 1 amide bonds. The van der Waals surface area contributed by atoms with Crippen LogP contribution in [0.5, 0.6) is 0 Å². The van der Waals surface area contributed by atoms with E-state index in [-0.39, 0.29) is 22.3 Å². The quantitative estimate of drug-likeness (QED) is 0.614. The second-order valence-electron chi connectivity index (χ2n) is 4.40. The Morgan fingerprint density at radius 3 is 2.26 bits per heavy atom. The highest BCUT2D eigenvalue weighted by Crippen LogP contribution is 2.34. The van der Waals surface area contributed by atoms with E-state index in [2.05, 4.69) is 4.74 Å². The Hall–Kier alpha value is -1.67. The summed E-state index contributed by atoms with van der Waals surface area (Å²) in [5.74, 6) is -2.78. The summed E-state index contributed by atoms with van der Waals surface area (Å²) in [6.45, 7) is 1.88. The number of nitrogens with one attached hydrogen (secondary N) is 2. The first-order valence-corrected chi connectivity index (χ1v) is 7.05. The van der Waals surface area contributed by atoms with Crippen molar-refractivity contribution in [3.63, 3.8) is 0 Å². The third-order valence-electron chi connectivity index (χ3n) is 2.62. The predicted octanol–water partition coefficient (Wildman–Crippen LogP) is 3.36. The molecule has 0 aliphatic heterocycles. The van der Waals surface area contributed by atoms with Gasteiger partial charge in [-0.3, -0.25) is 4.79 Å². The van der Waals surface area contributed by atoms with Gasteiger partial charge in [0.15, 0.2) is 0 Å². The van der Waals surface area contributed by atoms with Gasteiger partial charge in [-0.05, 0) is 25.1 Å². The lowest BCUT2D eigenvalue weighted by molar-refractivity contribution is -0.207. The fourth-order valence-corrected chi connectivity index (χ4v) is 1.98. The molecule has 0 spiro atoms.